The molecule has 3 rings (SSSR count). The van der Waals surface area contributed by atoms with Gasteiger partial charge in [0.25, 0.3) is 0 Å². The Morgan fingerprint density at radius 1 is 1.15 bits per heavy atom. The highest BCUT2D eigenvalue weighted by molar-refractivity contribution is 7.80. The zero-order chi connectivity index (χ0) is 19.1. The second-order valence-corrected chi connectivity index (χ2v) is 6.15. The standard InChI is InChI=1S/C20H22N4O2S/c1-21-20(27)23-22-13-15-14-24(17-8-4-3-7-16(15)17)11-12-26-19-10-6-5-9-18(19)25-2/h3-10,13-14H,11-12H2,1-2H3,(H2,21,23,27). The molecule has 0 saturated carbocycles. The Morgan fingerprint density at radius 2 is 1.89 bits per heavy atom. The first kappa shape index (κ1) is 18.7. The summed E-state index contributed by atoms with van der Waals surface area (Å²) in [4.78, 5) is 0. The first-order valence-electron chi connectivity index (χ1n) is 8.57. The van der Waals surface area contributed by atoms with Gasteiger partial charge in [-0.25, -0.2) is 0 Å². The molecule has 6 nitrogen and oxygen atoms in total. The monoisotopic (exact) mass is 382 g/mol. The van der Waals surface area contributed by atoms with Crippen LogP contribution in [-0.2, 0) is 6.54 Å². The molecule has 0 unspecified atom stereocenters. The van der Waals surface area contributed by atoms with Crippen molar-refractivity contribution in [3.63, 3.8) is 0 Å². The molecule has 0 aliphatic rings. The number of nitrogens with zero attached hydrogens (tertiary/aromatic N) is 2. The summed E-state index contributed by atoms with van der Waals surface area (Å²) in [7, 11) is 3.39. The third-order valence-electron chi connectivity index (χ3n) is 4.08. The summed E-state index contributed by atoms with van der Waals surface area (Å²) in [5.41, 5.74) is 4.91. The Kier molecular flexibility index (Phi) is 6.27. The van der Waals surface area contributed by atoms with Crippen LogP contribution < -0.4 is 20.2 Å². The molecule has 2 aromatic carbocycles. The van der Waals surface area contributed by atoms with Gasteiger partial charge in [0.2, 0.25) is 0 Å². The van der Waals surface area contributed by atoms with Gasteiger partial charge < -0.3 is 19.4 Å². The minimum absolute atomic E-state index is 0.472. The number of methoxy groups -OCH3 is 1. The predicted molar refractivity (Wildman–Crippen MR) is 113 cm³/mol. The number of fused-ring (bicyclic) bond motifs is 1. The molecule has 0 bridgehead atoms. The molecule has 0 fully saturated rings. The number of nitrogens with one attached hydrogen (secondary N) is 2. The third kappa shape index (κ3) is 4.57. The molecule has 27 heavy (non-hydrogen) atoms. The zero-order valence-electron chi connectivity index (χ0n) is 15.3. The van der Waals surface area contributed by atoms with Gasteiger partial charge in [-0.2, -0.15) is 5.10 Å². The third-order valence-corrected chi connectivity index (χ3v) is 4.37. The number of rotatable bonds is 7. The Labute approximate surface area is 163 Å². The second kappa shape index (κ2) is 9.05. The van der Waals surface area contributed by atoms with Gasteiger partial charge in [-0.05, 0) is 30.4 Å². The summed E-state index contributed by atoms with van der Waals surface area (Å²) >= 11 is 5.03. The van der Waals surface area contributed by atoms with E-state index in [1.807, 2.05) is 36.4 Å². The Morgan fingerprint density at radius 3 is 2.67 bits per heavy atom. The molecule has 3 aromatic rings. The van der Waals surface area contributed by atoms with Gasteiger partial charge in [0.1, 0.15) is 6.61 Å². The van der Waals surface area contributed by atoms with Crippen LogP contribution in [0, 0.1) is 0 Å². The van der Waals surface area contributed by atoms with Gasteiger partial charge >= 0.3 is 0 Å². The van der Waals surface area contributed by atoms with Crippen molar-refractivity contribution in [2.75, 3.05) is 20.8 Å². The van der Waals surface area contributed by atoms with Crippen molar-refractivity contribution in [2.45, 2.75) is 6.54 Å². The maximum Gasteiger partial charge on any atom is 0.186 e. The second-order valence-electron chi connectivity index (χ2n) is 5.74. The number of benzene rings is 2. The van der Waals surface area contributed by atoms with Gasteiger partial charge in [0.15, 0.2) is 16.6 Å². The summed E-state index contributed by atoms with van der Waals surface area (Å²) in [6, 6.07) is 15.8. The van der Waals surface area contributed by atoms with E-state index >= 15 is 0 Å². The van der Waals surface area contributed by atoms with Crippen molar-refractivity contribution in [2.24, 2.45) is 5.10 Å². The molecular weight excluding hydrogens is 360 g/mol. The van der Waals surface area contributed by atoms with E-state index in [0.717, 1.165) is 28.0 Å². The maximum absolute atomic E-state index is 5.90. The first-order valence-corrected chi connectivity index (χ1v) is 8.98. The number of ether oxygens (including phenoxy) is 2. The van der Waals surface area contributed by atoms with E-state index in [4.69, 9.17) is 21.7 Å². The summed E-state index contributed by atoms with van der Waals surface area (Å²) in [6.45, 7) is 1.23. The number of para-hydroxylation sites is 3. The lowest BCUT2D eigenvalue weighted by molar-refractivity contribution is 0.281. The Bertz CT molecular complexity index is 952. The zero-order valence-corrected chi connectivity index (χ0v) is 16.1. The van der Waals surface area contributed by atoms with Crippen molar-refractivity contribution in [3.05, 3.63) is 60.3 Å². The SMILES string of the molecule is CNC(=S)NN=Cc1cn(CCOc2ccccc2OC)c2ccccc12. The molecule has 0 amide bonds. The molecule has 1 aromatic heterocycles. The summed E-state index contributed by atoms with van der Waals surface area (Å²) < 4.78 is 13.4. The van der Waals surface area contributed by atoms with Gasteiger partial charge in [-0.3, -0.25) is 5.43 Å². The Hall–Kier alpha value is -3.06. The molecule has 0 spiro atoms. The van der Waals surface area contributed by atoms with E-state index in [9.17, 15) is 0 Å². The van der Waals surface area contributed by atoms with Gasteiger partial charge in [-0.1, -0.05) is 30.3 Å². The van der Waals surface area contributed by atoms with Gasteiger partial charge in [0.05, 0.1) is 19.9 Å². The lowest BCUT2D eigenvalue weighted by Crippen LogP contribution is -2.28. The van der Waals surface area contributed by atoms with Crippen LogP contribution >= 0.6 is 12.2 Å². The van der Waals surface area contributed by atoms with Crippen molar-refractivity contribution in [1.29, 1.82) is 0 Å². The summed E-state index contributed by atoms with van der Waals surface area (Å²) in [6.07, 6.45) is 3.83. The summed E-state index contributed by atoms with van der Waals surface area (Å²) in [5.74, 6) is 1.47. The number of hydrazone groups is 1. The number of aromatic nitrogens is 1. The van der Waals surface area contributed by atoms with Crippen LogP contribution in [0.15, 0.2) is 59.8 Å². The van der Waals surface area contributed by atoms with E-state index in [1.165, 1.54) is 0 Å². The van der Waals surface area contributed by atoms with Crippen molar-refractivity contribution in [1.82, 2.24) is 15.3 Å². The molecule has 0 atom stereocenters. The molecule has 0 radical (unpaired) electrons. The van der Waals surface area contributed by atoms with Gasteiger partial charge in [0, 0.05) is 29.7 Å². The predicted octanol–water partition coefficient (Wildman–Crippen LogP) is 3.16. The van der Waals surface area contributed by atoms with Crippen LogP contribution in [0.1, 0.15) is 5.56 Å². The molecule has 0 aliphatic carbocycles. The fourth-order valence-corrected chi connectivity index (χ4v) is 2.82. The van der Waals surface area contributed by atoms with Crippen LogP contribution in [0.2, 0.25) is 0 Å². The molecule has 2 N–H and O–H groups in total. The molecule has 1 heterocycles. The van der Waals surface area contributed by atoms with Crippen LogP contribution in [0.4, 0.5) is 0 Å². The number of thiocarbonyl (C=S) groups is 1. The molecular formula is C20H22N4O2S. The topological polar surface area (TPSA) is 59.8 Å². The van der Waals surface area contributed by atoms with Crippen molar-refractivity contribution >= 4 is 34.4 Å². The van der Waals surface area contributed by atoms with Crippen molar-refractivity contribution in [3.8, 4) is 11.5 Å². The molecule has 140 valence electrons. The van der Waals surface area contributed by atoms with Crippen LogP contribution in [0.5, 0.6) is 11.5 Å². The Balaban J connectivity index is 1.74. The first-order chi connectivity index (χ1) is 13.2. The molecule has 0 aliphatic heterocycles. The minimum atomic E-state index is 0.472. The highest BCUT2D eigenvalue weighted by atomic mass is 32.1. The fourth-order valence-electron chi connectivity index (χ4n) is 2.77. The molecule has 0 saturated heterocycles. The maximum atomic E-state index is 5.90. The van der Waals surface area contributed by atoms with Crippen LogP contribution in [0.25, 0.3) is 10.9 Å². The van der Waals surface area contributed by atoms with Crippen LogP contribution in [-0.4, -0.2) is 36.7 Å². The quantitative estimate of drug-likeness (QED) is 0.373. The largest absolute Gasteiger partial charge is 0.493 e. The van der Waals surface area contributed by atoms with E-state index in [0.29, 0.717) is 18.3 Å². The molecule has 7 heteroatoms. The average molecular weight is 382 g/mol. The number of hydrogen-bond acceptors (Lipinski definition) is 4. The van der Waals surface area contributed by atoms with Crippen LogP contribution in [0.3, 0.4) is 0 Å². The normalized spacial score (nSPS) is 10.9. The van der Waals surface area contributed by atoms with E-state index in [2.05, 4.69) is 38.7 Å². The van der Waals surface area contributed by atoms with E-state index < -0.39 is 0 Å². The lowest BCUT2D eigenvalue weighted by atomic mass is 10.2. The van der Waals surface area contributed by atoms with Gasteiger partial charge in [-0.15, -0.1) is 0 Å². The van der Waals surface area contributed by atoms with E-state index in [1.54, 1.807) is 20.4 Å². The van der Waals surface area contributed by atoms with E-state index in [-0.39, 0.29) is 0 Å². The number of hydrogen-bond donors (Lipinski definition) is 2. The minimum Gasteiger partial charge on any atom is -0.493 e. The smallest absolute Gasteiger partial charge is 0.186 e. The fraction of sp³-hybridized carbons (Fsp3) is 0.200. The summed E-state index contributed by atoms with van der Waals surface area (Å²) in [5, 5.41) is 8.60. The van der Waals surface area contributed by atoms with Crippen molar-refractivity contribution < 1.29 is 9.47 Å². The highest BCUT2D eigenvalue weighted by Crippen LogP contribution is 2.26. The lowest BCUT2D eigenvalue weighted by Gasteiger charge is -2.11. The highest BCUT2D eigenvalue weighted by Gasteiger charge is 2.08. The average Bonchev–Trinajstić information content (AvgIpc) is 3.06.